The lowest BCUT2D eigenvalue weighted by Gasteiger charge is -2.34. The standard InChI is InChI=1S/C32H28F6N4O4S2/c1-3-30(2,42(47(43,44)31(33,34)35)48(45,46)32(36,37)38)41-39(26-20-12-6-13-21-26)28(24-16-8-4-9-17-24)29(25-18-10-5-11-19-25)40(41)27-22-14-7-15-23-27/h4-23H,3H2,1-2H3/q+2. The van der Waals surface area contributed by atoms with E-state index in [1.54, 1.807) is 97.1 Å². The van der Waals surface area contributed by atoms with Gasteiger partial charge in [-0.15, -0.1) is 0 Å². The van der Waals surface area contributed by atoms with E-state index in [9.17, 15) is 43.2 Å². The summed E-state index contributed by atoms with van der Waals surface area (Å²) in [5, 5.41) is 0. The third-order valence-corrected chi connectivity index (χ3v) is 11.6. The van der Waals surface area contributed by atoms with Crippen LogP contribution in [0.5, 0.6) is 0 Å². The Morgan fingerprint density at radius 3 is 1.12 bits per heavy atom. The zero-order valence-corrected chi connectivity index (χ0v) is 26.9. The Kier molecular flexibility index (Phi) is 9.05. The van der Waals surface area contributed by atoms with Crippen molar-refractivity contribution in [2.75, 3.05) is 0 Å². The molecule has 5 aromatic rings. The average Bonchev–Trinajstić information content (AvgIpc) is 3.42. The molecule has 5 rings (SSSR count). The number of sulfonamides is 2. The summed E-state index contributed by atoms with van der Waals surface area (Å²) in [7, 11) is -14.5. The minimum Gasteiger partial charge on any atom is -0.201 e. The molecule has 1 unspecified atom stereocenters. The van der Waals surface area contributed by atoms with Gasteiger partial charge in [-0.1, -0.05) is 79.7 Å². The summed E-state index contributed by atoms with van der Waals surface area (Å²) in [5.74, 6) is 0. The first-order chi connectivity index (χ1) is 22.5. The van der Waals surface area contributed by atoms with Crippen molar-refractivity contribution < 1.29 is 52.5 Å². The maximum Gasteiger partial charge on any atom is 0.512 e. The van der Waals surface area contributed by atoms with Crippen molar-refractivity contribution in [2.45, 2.75) is 36.9 Å². The summed E-state index contributed by atoms with van der Waals surface area (Å²) < 4.78 is 140. The van der Waals surface area contributed by atoms with Crippen LogP contribution in [0.4, 0.5) is 26.3 Å². The zero-order valence-electron chi connectivity index (χ0n) is 25.3. The summed E-state index contributed by atoms with van der Waals surface area (Å²) in [4.78, 5) is 0.828. The number of benzene rings is 4. The van der Waals surface area contributed by atoms with Crippen LogP contribution >= 0.6 is 0 Å². The lowest BCUT2D eigenvalue weighted by molar-refractivity contribution is -0.855. The van der Waals surface area contributed by atoms with Gasteiger partial charge in [0.2, 0.25) is 17.0 Å². The van der Waals surface area contributed by atoms with Crippen LogP contribution in [0, 0.1) is 0 Å². The van der Waals surface area contributed by atoms with Crippen molar-refractivity contribution in [1.82, 2.24) is 8.51 Å². The lowest BCUT2D eigenvalue weighted by Crippen LogP contribution is -2.70. The van der Waals surface area contributed by atoms with Crippen molar-refractivity contribution in [3.63, 3.8) is 0 Å². The predicted molar refractivity (Wildman–Crippen MR) is 164 cm³/mol. The van der Waals surface area contributed by atoms with E-state index in [4.69, 9.17) is 0 Å². The first kappa shape index (κ1) is 34.8. The number of nitrogens with zero attached hydrogens (tertiary/aromatic N) is 4. The molecule has 0 radical (unpaired) electrons. The second-order valence-corrected chi connectivity index (χ2v) is 14.5. The third-order valence-electron chi connectivity index (χ3n) is 7.64. The van der Waals surface area contributed by atoms with Gasteiger partial charge in [0.25, 0.3) is 0 Å². The molecule has 0 bridgehead atoms. The summed E-state index contributed by atoms with van der Waals surface area (Å²) in [6.45, 7) is 1.81. The largest absolute Gasteiger partial charge is 0.512 e. The van der Waals surface area contributed by atoms with Crippen molar-refractivity contribution in [3.05, 3.63) is 121 Å². The SMILES string of the molecule is CCC(C)(N(S(=O)(=O)C(F)(F)F)S(=O)(=O)C(F)(F)F)n1[n+](-c2ccccc2)c(-c2ccccc2)c(-c2ccccc2)[n+]1-c1ccccc1. The minimum absolute atomic E-state index is 0.164. The molecule has 0 fully saturated rings. The molecule has 48 heavy (non-hydrogen) atoms. The first-order valence-corrected chi connectivity index (χ1v) is 17.1. The second-order valence-electron chi connectivity index (χ2n) is 10.7. The fourth-order valence-electron chi connectivity index (χ4n) is 5.41. The smallest absolute Gasteiger partial charge is 0.201 e. The first-order valence-electron chi connectivity index (χ1n) is 14.3. The van der Waals surface area contributed by atoms with Gasteiger partial charge in [0.1, 0.15) is 0 Å². The number of alkyl halides is 6. The Morgan fingerprint density at radius 1 is 0.562 bits per heavy atom. The number of hydrogen-bond acceptors (Lipinski definition) is 4. The van der Waals surface area contributed by atoms with Gasteiger partial charge in [0.15, 0.2) is 0 Å². The molecule has 0 spiro atoms. The molecular weight excluding hydrogens is 682 g/mol. The highest BCUT2D eigenvalue weighted by atomic mass is 32.3. The van der Waals surface area contributed by atoms with E-state index in [1.807, 2.05) is 0 Å². The van der Waals surface area contributed by atoms with Gasteiger partial charge in [-0.3, -0.25) is 0 Å². The van der Waals surface area contributed by atoms with Crippen LogP contribution in [0.3, 0.4) is 0 Å². The van der Waals surface area contributed by atoms with Gasteiger partial charge >= 0.3 is 42.5 Å². The normalized spacial score (nSPS) is 14.2. The fraction of sp³-hybridized carbons (Fsp3) is 0.188. The van der Waals surface area contributed by atoms with Gasteiger partial charge < -0.3 is 0 Å². The van der Waals surface area contributed by atoms with E-state index in [0.29, 0.717) is 18.1 Å². The molecule has 0 saturated heterocycles. The van der Waals surface area contributed by atoms with E-state index < -0.39 is 46.9 Å². The van der Waals surface area contributed by atoms with Crippen LogP contribution in [-0.2, 0) is 25.7 Å². The average molecular weight is 711 g/mol. The Labute approximate surface area is 272 Å². The molecule has 0 N–H and O–H groups in total. The van der Waals surface area contributed by atoms with Gasteiger partial charge in [0.05, 0.1) is 15.9 Å². The molecule has 0 saturated carbocycles. The van der Waals surface area contributed by atoms with Crippen molar-refractivity contribution in [3.8, 4) is 33.9 Å². The molecular formula is C32H28F6N4O4S2+2. The molecule has 0 aliphatic heterocycles. The highest BCUT2D eigenvalue weighted by molar-refractivity contribution is 8.04. The second kappa shape index (κ2) is 12.5. The Morgan fingerprint density at radius 2 is 0.854 bits per heavy atom. The molecule has 0 aliphatic carbocycles. The molecule has 1 aromatic heterocycles. The highest BCUT2D eigenvalue weighted by Gasteiger charge is 2.70. The number of rotatable bonds is 9. The monoisotopic (exact) mass is 710 g/mol. The van der Waals surface area contributed by atoms with Crippen LogP contribution in [0.25, 0.3) is 33.9 Å². The van der Waals surface area contributed by atoms with Crippen molar-refractivity contribution in [1.29, 1.82) is 0 Å². The lowest BCUT2D eigenvalue weighted by atomic mass is 10.0. The molecule has 1 heterocycles. The Hall–Kier alpha value is -4.54. The summed E-state index contributed by atoms with van der Waals surface area (Å²) in [5.41, 5.74) is -14.5. The number of hydrogen-bond donors (Lipinski definition) is 0. The summed E-state index contributed by atoms with van der Waals surface area (Å²) in [6, 6.07) is 32.2. The van der Waals surface area contributed by atoms with Crippen LogP contribution in [0.2, 0.25) is 0 Å². The molecule has 1 atom stereocenters. The number of aromatic nitrogens is 3. The van der Waals surface area contributed by atoms with Gasteiger partial charge in [0, 0.05) is 24.3 Å². The molecule has 4 aromatic carbocycles. The minimum atomic E-state index is -7.25. The van der Waals surface area contributed by atoms with E-state index in [-0.39, 0.29) is 22.8 Å². The predicted octanol–water partition coefficient (Wildman–Crippen LogP) is 6.46. The zero-order chi connectivity index (χ0) is 35.1. The van der Waals surface area contributed by atoms with Crippen LogP contribution in [0.15, 0.2) is 121 Å². The quantitative estimate of drug-likeness (QED) is 0.130. The third kappa shape index (κ3) is 5.77. The Balaban J connectivity index is 2.15. The topological polar surface area (TPSA) is 84.2 Å². The molecule has 0 amide bonds. The Bertz CT molecular complexity index is 1980. The van der Waals surface area contributed by atoms with Crippen molar-refractivity contribution >= 4 is 20.0 Å². The van der Waals surface area contributed by atoms with Gasteiger partial charge in [-0.25, -0.2) is 16.8 Å². The van der Waals surface area contributed by atoms with E-state index >= 15 is 0 Å². The van der Waals surface area contributed by atoms with Crippen LogP contribution in [-0.4, -0.2) is 36.4 Å². The highest BCUT2D eigenvalue weighted by Crippen LogP contribution is 2.43. The molecule has 8 nitrogen and oxygen atoms in total. The fourth-order valence-corrected chi connectivity index (χ4v) is 8.77. The van der Waals surface area contributed by atoms with E-state index in [2.05, 4.69) is 0 Å². The van der Waals surface area contributed by atoms with Crippen LogP contribution in [0.1, 0.15) is 20.3 Å². The van der Waals surface area contributed by atoms with E-state index in [0.717, 1.165) is 11.7 Å². The number of para-hydroxylation sites is 2. The number of halogens is 6. The van der Waals surface area contributed by atoms with Gasteiger partial charge in [-0.05, 0) is 50.7 Å². The molecule has 0 aliphatic rings. The summed E-state index contributed by atoms with van der Waals surface area (Å²) in [6.07, 6.45) is -0.894. The summed E-state index contributed by atoms with van der Waals surface area (Å²) >= 11 is 0. The maximum atomic E-state index is 14.4. The van der Waals surface area contributed by atoms with Gasteiger partial charge in [-0.2, -0.15) is 26.3 Å². The van der Waals surface area contributed by atoms with Crippen molar-refractivity contribution in [2.24, 2.45) is 0 Å². The maximum absolute atomic E-state index is 14.4. The molecule has 252 valence electrons. The van der Waals surface area contributed by atoms with Crippen LogP contribution < -0.4 is 9.36 Å². The molecule has 16 heteroatoms. The van der Waals surface area contributed by atoms with E-state index in [1.165, 1.54) is 33.6 Å².